The molecular weight excluding hydrogens is 340 g/mol. The molecule has 0 aliphatic heterocycles. The first kappa shape index (κ1) is 19.2. The SMILES string of the molecule is COc1ccc(CNCCNS(C)(=O)=O)cc1OCc1ccccc1. The van der Waals surface area contributed by atoms with Crippen LogP contribution in [0.25, 0.3) is 0 Å². The molecular formula is C18H24N2O4S. The first-order chi connectivity index (χ1) is 12.0. The van der Waals surface area contributed by atoms with Crippen molar-refractivity contribution in [3.05, 3.63) is 59.7 Å². The fourth-order valence-electron chi connectivity index (χ4n) is 2.24. The molecule has 0 radical (unpaired) electrons. The van der Waals surface area contributed by atoms with E-state index in [1.165, 1.54) is 0 Å². The van der Waals surface area contributed by atoms with Crippen LogP contribution in [0.2, 0.25) is 0 Å². The molecule has 0 aliphatic rings. The van der Waals surface area contributed by atoms with E-state index in [2.05, 4.69) is 10.0 Å². The molecule has 0 unspecified atom stereocenters. The van der Waals surface area contributed by atoms with E-state index in [0.29, 0.717) is 37.7 Å². The van der Waals surface area contributed by atoms with Gasteiger partial charge in [-0.15, -0.1) is 0 Å². The highest BCUT2D eigenvalue weighted by atomic mass is 32.2. The normalized spacial score (nSPS) is 11.3. The molecule has 0 aromatic heterocycles. The van der Waals surface area contributed by atoms with Gasteiger partial charge in [0, 0.05) is 19.6 Å². The molecule has 0 saturated carbocycles. The Kier molecular flexibility index (Phi) is 7.24. The smallest absolute Gasteiger partial charge is 0.208 e. The van der Waals surface area contributed by atoms with Crippen molar-refractivity contribution in [2.24, 2.45) is 0 Å². The van der Waals surface area contributed by atoms with Crippen LogP contribution in [0.15, 0.2) is 48.5 Å². The van der Waals surface area contributed by atoms with Crippen molar-refractivity contribution in [3.8, 4) is 11.5 Å². The summed E-state index contributed by atoms with van der Waals surface area (Å²) in [4.78, 5) is 0. The van der Waals surface area contributed by atoms with Crippen LogP contribution in [0.1, 0.15) is 11.1 Å². The van der Waals surface area contributed by atoms with E-state index >= 15 is 0 Å². The van der Waals surface area contributed by atoms with Gasteiger partial charge in [0.2, 0.25) is 10.0 Å². The van der Waals surface area contributed by atoms with Gasteiger partial charge in [0.25, 0.3) is 0 Å². The highest BCUT2D eigenvalue weighted by Gasteiger charge is 2.07. The van der Waals surface area contributed by atoms with Crippen molar-refractivity contribution in [1.29, 1.82) is 0 Å². The van der Waals surface area contributed by atoms with Crippen molar-refractivity contribution in [1.82, 2.24) is 10.0 Å². The van der Waals surface area contributed by atoms with Gasteiger partial charge in [-0.3, -0.25) is 0 Å². The first-order valence-electron chi connectivity index (χ1n) is 7.97. The molecule has 136 valence electrons. The molecule has 2 aromatic rings. The van der Waals surface area contributed by atoms with Crippen LogP contribution in [0, 0.1) is 0 Å². The molecule has 0 atom stereocenters. The lowest BCUT2D eigenvalue weighted by atomic mass is 10.2. The quantitative estimate of drug-likeness (QED) is 0.630. The standard InChI is InChI=1S/C18H24N2O4S/c1-23-17-9-8-16(13-19-10-11-20-25(2,21)22)12-18(17)24-14-15-6-4-3-5-7-15/h3-9,12,19-20H,10-11,13-14H2,1-2H3. The molecule has 6 nitrogen and oxygen atoms in total. The molecule has 0 fully saturated rings. The summed E-state index contributed by atoms with van der Waals surface area (Å²) in [5, 5.41) is 3.19. The van der Waals surface area contributed by atoms with Gasteiger partial charge in [0.1, 0.15) is 6.61 Å². The van der Waals surface area contributed by atoms with Gasteiger partial charge < -0.3 is 14.8 Å². The van der Waals surface area contributed by atoms with Gasteiger partial charge >= 0.3 is 0 Å². The van der Waals surface area contributed by atoms with Crippen LogP contribution in [0.5, 0.6) is 11.5 Å². The third-order valence-electron chi connectivity index (χ3n) is 3.46. The number of nitrogens with one attached hydrogen (secondary N) is 2. The van der Waals surface area contributed by atoms with E-state index in [0.717, 1.165) is 17.4 Å². The summed E-state index contributed by atoms with van der Waals surface area (Å²) >= 11 is 0. The lowest BCUT2D eigenvalue weighted by Crippen LogP contribution is -2.30. The minimum atomic E-state index is -3.15. The van der Waals surface area contributed by atoms with E-state index in [-0.39, 0.29) is 0 Å². The molecule has 0 amide bonds. The highest BCUT2D eigenvalue weighted by molar-refractivity contribution is 7.88. The lowest BCUT2D eigenvalue weighted by Gasteiger charge is -2.13. The maximum Gasteiger partial charge on any atom is 0.208 e. The molecule has 25 heavy (non-hydrogen) atoms. The molecule has 0 heterocycles. The Morgan fingerprint density at radius 3 is 2.40 bits per heavy atom. The van der Waals surface area contributed by atoms with Crippen LogP contribution in [0.3, 0.4) is 0 Å². The summed E-state index contributed by atoms with van der Waals surface area (Å²) in [5.74, 6) is 1.36. The van der Waals surface area contributed by atoms with Gasteiger partial charge in [-0.2, -0.15) is 0 Å². The van der Waals surface area contributed by atoms with Crippen molar-refractivity contribution in [3.63, 3.8) is 0 Å². The Balaban J connectivity index is 1.89. The van der Waals surface area contributed by atoms with Crippen LogP contribution in [0.4, 0.5) is 0 Å². The van der Waals surface area contributed by atoms with Gasteiger partial charge in [-0.25, -0.2) is 13.1 Å². The zero-order valence-corrected chi connectivity index (χ0v) is 15.3. The van der Waals surface area contributed by atoms with Crippen LogP contribution < -0.4 is 19.5 Å². The van der Waals surface area contributed by atoms with Gasteiger partial charge in [0.15, 0.2) is 11.5 Å². The van der Waals surface area contributed by atoms with Gasteiger partial charge in [0.05, 0.1) is 13.4 Å². The number of rotatable bonds is 10. The zero-order chi connectivity index (χ0) is 18.1. The third kappa shape index (κ3) is 7.13. The van der Waals surface area contributed by atoms with Crippen LogP contribution >= 0.6 is 0 Å². The molecule has 0 bridgehead atoms. The summed E-state index contributed by atoms with van der Waals surface area (Å²) < 4.78 is 35.7. The molecule has 2 rings (SSSR count). The maximum absolute atomic E-state index is 11.0. The molecule has 2 aromatic carbocycles. The maximum atomic E-state index is 11.0. The third-order valence-corrected chi connectivity index (χ3v) is 4.19. The number of methoxy groups -OCH3 is 1. The van der Waals surface area contributed by atoms with Crippen LogP contribution in [-0.2, 0) is 23.2 Å². The average Bonchev–Trinajstić information content (AvgIpc) is 2.59. The summed E-state index contributed by atoms with van der Waals surface area (Å²) in [5.41, 5.74) is 2.11. The Morgan fingerprint density at radius 1 is 0.960 bits per heavy atom. The van der Waals surface area contributed by atoms with Crippen molar-refractivity contribution in [2.75, 3.05) is 26.5 Å². The Bertz CT molecular complexity index is 764. The predicted molar refractivity (Wildman–Crippen MR) is 98.3 cm³/mol. The van der Waals surface area contributed by atoms with E-state index in [9.17, 15) is 8.42 Å². The lowest BCUT2D eigenvalue weighted by molar-refractivity contribution is 0.284. The Hall–Kier alpha value is -2.09. The number of benzene rings is 2. The Morgan fingerprint density at radius 2 is 1.72 bits per heavy atom. The summed E-state index contributed by atoms with van der Waals surface area (Å²) in [6.07, 6.45) is 1.15. The molecule has 0 saturated heterocycles. The number of ether oxygens (including phenoxy) is 2. The highest BCUT2D eigenvalue weighted by Crippen LogP contribution is 2.28. The molecule has 2 N–H and O–H groups in total. The number of hydrogen-bond acceptors (Lipinski definition) is 5. The fourth-order valence-corrected chi connectivity index (χ4v) is 2.71. The molecule has 7 heteroatoms. The second kappa shape index (κ2) is 9.41. The zero-order valence-electron chi connectivity index (χ0n) is 14.5. The minimum absolute atomic E-state index is 0.354. The minimum Gasteiger partial charge on any atom is -0.493 e. The molecule has 0 spiro atoms. The average molecular weight is 364 g/mol. The van der Waals surface area contributed by atoms with E-state index in [1.807, 2.05) is 48.5 Å². The number of sulfonamides is 1. The second-order valence-electron chi connectivity index (χ2n) is 5.60. The largest absolute Gasteiger partial charge is 0.493 e. The summed E-state index contributed by atoms with van der Waals surface area (Å²) in [7, 11) is -1.53. The van der Waals surface area contributed by atoms with Crippen molar-refractivity contribution in [2.45, 2.75) is 13.2 Å². The fraction of sp³-hybridized carbons (Fsp3) is 0.333. The van der Waals surface area contributed by atoms with Crippen molar-refractivity contribution < 1.29 is 17.9 Å². The van der Waals surface area contributed by atoms with Crippen molar-refractivity contribution >= 4 is 10.0 Å². The Labute approximate surface area is 149 Å². The summed E-state index contributed by atoms with van der Waals surface area (Å²) in [6, 6.07) is 15.7. The van der Waals surface area contributed by atoms with Crippen LogP contribution in [-0.4, -0.2) is 34.9 Å². The van der Waals surface area contributed by atoms with E-state index < -0.39 is 10.0 Å². The number of hydrogen-bond donors (Lipinski definition) is 2. The topological polar surface area (TPSA) is 76.7 Å². The first-order valence-corrected chi connectivity index (χ1v) is 9.86. The van der Waals surface area contributed by atoms with Gasteiger partial charge in [-0.1, -0.05) is 36.4 Å². The monoisotopic (exact) mass is 364 g/mol. The van der Waals surface area contributed by atoms with E-state index in [1.54, 1.807) is 7.11 Å². The predicted octanol–water partition coefficient (Wildman–Crippen LogP) is 1.91. The van der Waals surface area contributed by atoms with E-state index in [4.69, 9.17) is 9.47 Å². The molecule has 0 aliphatic carbocycles. The second-order valence-corrected chi connectivity index (χ2v) is 7.44. The summed E-state index contributed by atoms with van der Waals surface area (Å²) in [6.45, 7) is 1.97. The van der Waals surface area contributed by atoms with Gasteiger partial charge in [-0.05, 0) is 23.3 Å².